The number of hydrogen-bond acceptors (Lipinski definition) is 3. The molecule has 2 heterocycles. The zero-order chi connectivity index (χ0) is 12.6. The van der Waals surface area contributed by atoms with Crippen molar-refractivity contribution in [2.45, 2.75) is 39.0 Å². The highest BCUT2D eigenvalue weighted by Gasteiger charge is 2.08. The van der Waals surface area contributed by atoms with Crippen LogP contribution in [0.1, 0.15) is 35.9 Å². The molecule has 2 rings (SSSR count). The van der Waals surface area contributed by atoms with E-state index in [9.17, 15) is 0 Å². The van der Waals surface area contributed by atoms with Crippen LogP contribution in [0.25, 0.3) is 0 Å². The summed E-state index contributed by atoms with van der Waals surface area (Å²) in [6, 6.07) is 4.65. The van der Waals surface area contributed by atoms with Crippen LogP contribution in [0.5, 0.6) is 0 Å². The monoisotopic (exact) mass is 266 g/mol. The Morgan fingerprint density at radius 1 is 1.17 bits per heavy atom. The summed E-state index contributed by atoms with van der Waals surface area (Å²) in [5.74, 6) is 0. The summed E-state index contributed by atoms with van der Waals surface area (Å²) in [6.07, 6.45) is 6.40. The fraction of sp³-hybridized carbons (Fsp3) is 0.733. The van der Waals surface area contributed by atoms with Crippen LogP contribution in [-0.2, 0) is 12.8 Å². The first-order valence-electron chi connectivity index (χ1n) is 7.39. The molecule has 0 radical (unpaired) electrons. The molecule has 2 nitrogen and oxygen atoms in total. The molecule has 0 atom stereocenters. The summed E-state index contributed by atoms with van der Waals surface area (Å²) in [4.78, 5) is 5.75. The Kier molecular flexibility index (Phi) is 6.18. The lowest BCUT2D eigenvalue weighted by atomic mass is 10.2. The molecule has 1 fully saturated rings. The Labute approximate surface area is 115 Å². The molecule has 0 saturated carbocycles. The van der Waals surface area contributed by atoms with Gasteiger partial charge in [-0.1, -0.05) is 13.3 Å². The average molecular weight is 266 g/mol. The van der Waals surface area contributed by atoms with Gasteiger partial charge in [-0.2, -0.15) is 0 Å². The molecule has 3 heteroatoms. The highest BCUT2D eigenvalue weighted by molar-refractivity contribution is 7.11. The average Bonchev–Trinajstić information content (AvgIpc) is 2.65. The van der Waals surface area contributed by atoms with Gasteiger partial charge in [0.05, 0.1) is 0 Å². The van der Waals surface area contributed by atoms with Crippen molar-refractivity contribution < 1.29 is 0 Å². The van der Waals surface area contributed by atoms with Gasteiger partial charge in [-0.3, -0.25) is 0 Å². The van der Waals surface area contributed by atoms with Crippen LogP contribution in [-0.4, -0.2) is 37.6 Å². The van der Waals surface area contributed by atoms with Gasteiger partial charge in [0.15, 0.2) is 0 Å². The Morgan fingerprint density at radius 3 is 2.83 bits per heavy atom. The van der Waals surface area contributed by atoms with Crippen molar-refractivity contribution in [3.63, 3.8) is 0 Å². The van der Waals surface area contributed by atoms with E-state index in [1.54, 1.807) is 9.75 Å². The van der Waals surface area contributed by atoms with E-state index in [4.69, 9.17) is 0 Å². The first-order valence-corrected chi connectivity index (χ1v) is 8.21. The summed E-state index contributed by atoms with van der Waals surface area (Å²) < 4.78 is 0. The number of aryl methyl sites for hydroxylation is 2. The van der Waals surface area contributed by atoms with Gasteiger partial charge < -0.3 is 10.2 Å². The first kappa shape index (κ1) is 14.0. The quantitative estimate of drug-likeness (QED) is 0.851. The number of nitrogens with zero attached hydrogens (tertiary/aromatic N) is 1. The maximum absolute atomic E-state index is 3.46. The van der Waals surface area contributed by atoms with Gasteiger partial charge in [-0.15, -0.1) is 11.3 Å². The van der Waals surface area contributed by atoms with Gasteiger partial charge in [0.2, 0.25) is 0 Å². The third kappa shape index (κ3) is 4.71. The Hall–Kier alpha value is -0.380. The Morgan fingerprint density at radius 2 is 2.00 bits per heavy atom. The second-order valence-corrected chi connectivity index (χ2v) is 6.42. The van der Waals surface area contributed by atoms with Gasteiger partial charge in [-0.05, 0) is 57.5 Å². The molecule has 0 amide bonds. The molecule has 0 aromatic carbocycles. The summed E-state index contributed by atoms with van der Waals surface area (Å²) in [5.41, 5.74) is 0. The highest BCUT2D eigenvalue weighted by Crippen LogP contribution is 2.19. The van der Waals surface area contributed by atoms with Crippen molar-refractivity contribution in [2.75, 3.05) is 32.7 Å². The summed E-state index contributed by atoms with van der Waals surface area (Å²) >= 11 is 2.02. The van der Waals surface area contributed by atoms with E-state index in [1.807, 2.05) is 11.3 Å². The number of hydrogen-bond donors (Lipinski definition) is 1. The van der Waals surface area contributed by atoms with E-state index < -0.39 is 0 Å². The topological polar surface area (TPSA) is 15.3 Å². The van der Waals surface area contributed by atoms with Crippen LogP contribution in [0.4, 0.5) is 0 Å². The fourth-order valence-corrected chi connectivity index (χ4v) is 3.70. The number of thiophene rings is 1. The van der Waals surface area contributed by atoms with Gasteiger partial charge in [0, 0.05) is 22.8 Å². The van der Waals surface area contributed by atoms with Crippen LogP contribution < -0.4 is 5.32 Å². The van der Waals surface area contributed by atoms with Crippen LogP contribution >= 0.6 is 11.3 Å². The molecule has 1 aliphatic heterocycles. The third-order valence-corrected chi connectivity index (χ3v) is 4.75. The second-order valence-electron chi connectivity index (χ2n) is 5.17. The molecular weight excluding hydrogens is 240 g/mol. The van der Waals surface area contributed by atoms with E-state index in [0.717, 1.165) is 0 Å². The largest absolute Gasteiger partial charge is 0.315 e. The third-order valence-electron chi connectivity index (χ3n) is 3.54. The Bertz CT molecular complexity index is 327. The molecule has 1 aromatic rings. The van der Waals surface area contributed by atoms with E-state index >= 15 is 0 Å². The van der Waals surface area contributed by atoms with Crippen molar-refractivity contribution in [3.8, 4) is 0 Å². The van der Waals surface area contributed by atoms with E-state index in [1.165, 1.54) is 64.8 Å². The predicted molar refractivity (Wildman–Crippen MR) is 80.6 cm³/mol. The maximum Gasteiger partial charge on any atom is 0.0107 e. The van der Waals surface area contributed by atoms with Crippen LogP contribution in [0.3, 0.4) is 0 Å². The molecule has 0 unspecified atom stereocenters. The zero-order valence-electron chi connectivity index (χ0n) is 11.6. The van der Waals surface area contributed by atoms with Crippen molar-refractivity contribution >= 4 is 11.3 Å². The van der Waals surface area contributed by atoms with Crippen LogP contribution in [0.2, 0.25) is 0 Å². The summed E-state index contributed by atoms with van der Waals surface area (Å²) in [5, 5.41) is 3.46. The normalized spacial score (nSPS) is 17.8. The van der Waals surface area contributed by atoms with Crippen molar-refractivity contribution in [1.29, 1.82) is 0 Å². The minimum atomic E-state index is 1.17. The second kappa shape index (κ2) is 7.93. The van der Waals surface area contributed by atoms with Crippen molar-refractivity contribution in [3.05, 3.63) is 21.9 Å². The standard InChI is InChI=1S/C15H26N2S/c1-2-5-14-7-8-15(18-14)6-3-11-17-12-4-9-16-10-13-17/h7-8,16H,2-6,9-13H2,1H3. The lowest BCUT2D eigenvalue weighted by Crippen LogP contribution is -2.29. The maximum atomic E-state index is 3.46. The van der Waals surface area contributed by atoms with E-state index in [2.05, 4.69) is 29.3 Å². The minimum absolute atomic E-state index is 1.17. The molecule has 18 heavy (non-hydrogen) atoms. The van der Waals surface area contributed by atoms with Crippen molar-refractivity contribution in [2.24, 2.45) is 0 Å². The molecule has 0 bridgehead atoms. The number of rotatable bonds is 6. The molecule has 1 saturated heterocycles. The van der Waals surface area contributed by atoms with Crippen LogP contribution in [0.15, 0.2) is 12.1 Å². The predicted octanol–water partition coefficient (Wildman–Crippen LogP) is 2.93. The summed E-state index contributed by atoms with van der Waals surface area (Å²) in [6.45, 7) is 8.39. The van der Waals surface area contributed by atoms with Gasteiger partial charge in [-0.25, -0.2) is 0 Å². The van der Waals surface area contributed by atoms with Crippen molar-refractivity contribution in [1.82, 2.24) is 10.2 Å². The van der Waals surface area contributed by atoms with Gasteiger partial charge in [0.1, 0.15) is 0 Å². The highest BCUT2D eigenvalue weighted by atomic mass is 32.1. The molecule has 1 N–H and O–H groups in total. The zero-order valence-corrected chi connectivity index (χ0v) is 12.4. The van der Waals surface area contributed by atoms with E-state index in [0.29, 0.717) is 0 Å². The first-order chi connectivity index (χ1) is 8.88. The van der Waals surface area contributed by atoms with Gasteiger partial charge >= 0.3 is 0 Å². The van der Waals surface area contributed by atoms with E-state index in [-0.39, 0.29) is 0 Å². The molecule has 1 aromatic heterocycles. The molecule has 102 valence electrons. The number of nitrogens with one attached hydrogen (secondary N) is 1. The molecular formula is C15H26N2S. The van der Waals surface area contributed by atoms with Gasteiger partial charge in [0.25, 0.3) is 0 Å². The molecule has 0 spiro atoms. The SMILES string of the molecule is CCCc1ccc(CCCN2CCCNCC2)s1. The smallest absolute Gasteiger partial charge is 0.0107 e. The van der Waals surface area contributed by atoms with Crippen LogP contribution in [0, 0.1) is 0 Å². The Balaban J connectivity index is 1.67. The lowest BCUT2D eigenvalue weighted by Gasteiger charge is -2.18. The molecule has 0 aliphatic carbocycles. The molecule has 1 aliphatic rings. The fourth-order valence-electron chi connectivity index (χ4n) is 2.54. The minimum Gasteiger partial charge on any atom is -0.315 e. The summed E-state index contributed by atoms with van der Waals surface area (Å²) in [7, 11) is 0. The lowest BCUT2D eigenvalue weighted by molar-refractivity contribution is 0.289.